The summed E-state index contributed by atoms with van der Waals surface area (Å²) in [4.78, 5) is 37.7. The highest BCUT2D eigenvalue weighted by molar-refractivity contribution is 6.14. The minimum atomic E-state index is -1.32. The Bertz CT molecular complexity index is 1790. The smallest absolute Gasteiger partial charge is 0.240 e. The topological polar surface area (TPSA) is 124 Å². The van der Waals surface area contributed by atoms with Gasteiger partial charge in [0.1, 0.15) is 17.6 Å². The zero-order valence-electron chi connectivity index (χ0n) is 27.9. The van der Waals surface area contributed by atoms with E-state index < -0.39 is 28.5 Å². The van der Waals surface area contributed by atoms with Crippen LogP contribution in [0.3, 0.4) is 0 Å². The van der Waals surface area contributed by atoms with E-state index in [0.717, 1.165) is 50.9 Å². The van der Waals surface area contributed by atoms with Crippen LogP contribution in [-0.2, 0) is 14.3 Å². The van der Waals surface area contributed by atoms with Crippen LogP contribution in [0, 0.1) is 16.6 Å². The molecule has 13 heteroatoms. The molecule has 1 saturated heterocycles. The number of aromatic nitrogens is 2. The molecule has 2 N–H and O–H groups in total. The molecule has 2 heterocycles. The summed E-state index contributed by atoms with van der Waals surface area (Å²) in [6.07, 6.45) is 6.32. The minimum absolute atomic E-state index is 0.111. The van der Waals surface area contributed by atoms with E-state index >= 15 is 4.39 Å². The van der Waals surface area contributed by atoms with E-state index in [0.29, 0.717) is 41.9 Å². The van der Waals surface area contributed by atoms with Crippen molar-refractivity contribution in [2.45, 2.75) is 39.5 Å². The van der Waals surface area contributed by atoms with Crippen LogP contribution in [0.25, 0.3) is 10.9 Å². The number of allylic oxidation sites excluding steroid dienone is 3. The molecule has 2 aliphatic carbocycles. The van der Waals surface area contributed by atoms with Gasteiger partial charge in [-0.05, 0) is 49.0 Å². The van der Waals surface area contributed by atoms with E-state index in [2.05, 4.69) is 25.5 Å². The molecule has 49 heavy (non-hydrogen) atoms. The minimum Gasteiger partial charge on any atom is -0.493 e. The largest absolute Gasteiger partial charge is 0.493 e. The number of carbonyl (C=O) groups excluding carboxylic acids is 2. The van der Waals surface area contributed by atoms with Crippen molar-refractivity contribution in [3.8, 4) is 23.1 Å². The van der Waals surface area contributed by atoms with Gasteiger partial charge in [-0.15, -0.1) is 0 Å². The summed E-state index contributed by atoms with van der Waals surface area (Å²) < 4.78 is 51.6. The van der Waals surface area contributed by atoms with Gasteiger partial charge in [0.2, 0.25) is 17.7 Å². The summed E-state index contributed by atoms with van der Waals surface area (Å²) in [6.45, 7) is 8.62. The predicted molar refractivity (Wildman–Crippen MR) is 179 cm³/mol. The first kappa shape index (κ1) is 34.3. The number of hydrogen-bond acceptors (Lipinski definition) is 9. The quantitative estimate of drug-likeness (QED) is 0.173. The van der Waals surface area contributed by atoms with E-state index in [-0.39, 0.29) is 36.1 Å². The lowest BCUT2D eigenvalue weighted by molar-refractivity contribution is -0.135. The molecule has 11 nitrogen and oxygen atoms in total. The Labute approximate surface area is 283 Å². The standard InChI is InChI=1S/C36H41F2N5O6/c1-35(2)21-36(35,33(44)39-20-23-5-7-24(37)8-6-23)34(45)42-25-9-10-29(27(38)17-25)49-32-26-18-30(46-3)31(19-28(26)40-22-41-32)48-14-4-11-43-12-15-47-16-13-43/h5,7,9-10,17-19,22H,4,6,8,11-16,20-21H2,1-3H3,(H,39,44)(H,42,45). The Kier molecular flexibility index (Phi) is 10.1. The second-order valence-electron chi connectivity index (χ2n) is 13.1. The van der Waals surface area contributed by atoms with Gasteiger partial charge in [0, 0.05) is 50.4 Å². The maximum absolute atomic E-state index is 15.4. The van der Waals surface area contributed by atoms with Crippen molar-refractivity contribution in [3.63, 3.8) is 0 Å². The van der Waals surface area contributed by atoms with Gasteiger partial charge in [-0.2, -0.15) is 0 Å². The number of halogens is 2. The molecule has 1 atom stereocenters. The number of morpholine rings is 1. The number of hydrogen-bond donors (Lipinski definition) is 2. The lowest BCUT2D eigenvalue weighted by atomic mass is 9.93. The number of nitrogens with zero attached hydrogens (tertiary/aromatic N) is 3. The molecular formula is C36H41F2N5O6. The molecule has 1 aliphatic heterocycles. The molecule has 1 aromatic heterocycles. The molecule has 1 unspecified atom stereocenters. The van der Waals surface area contributed by atoms with Crippen molar-refractivity contribution in [1.82, 2.24) is 20.2 Å². The summed E-state index contributed by atoms with van der Waals surface area (Å²) >= 11 is 0. The van der Waals surface area contributed by atoms with Crippen molar-refractivity contribution in [2.75, 3.05) is 58.4 Å². The molecule has 0 spiro atoms. The van der Waals surface area contributed by atoms with Crippen LogP contribution < -0.4 is 24.8 Å². The van der Waals surface area contributed by atoms with Crippen molar-refractivity contribution < 1.29 is 37.3 Å². The molecule has 0 bridgehead atoms. The number of fused-ring (bicyclic) bond motifs is 1. The molecule has 1 saturated carbocycles. The van der Waals surface area contributed by atoms with E-state index in [4.69, 9.17) is 18.9 Å². The Hall–Kier alpha value is -4.62. The van der Waals surface area contributed by atoms with Crippen molar-refractivity contribution in [2.24, 2.45) is 10.8 Å². The van der Waals surface area contributed by atoms with Gasteiger partial charge >= 0.3 is 0 Å². The SMILES string of the molecule is COc1cc2c(Oc3ccc(NC(=O)C4(C(=O)NCC5=CC=C(F)CC5)CC4(C)C)cc3F)ncnc2cc1OCCCN1CCOCC1. The van der Waals surface area contributed by atoms with E-state index in [1.165, 1.54) is 31.6 Å². The first-order chi connectivity index (χ1) is 23.6. The van der Waals surface area contributed by atoms with Crippen LogP contribution >= 0.6 is 0 Å². The summed E-state index contributed by atoms with van der Waals surface area (Å²) in [7, 11) is 1.53. The first-order valence-corrected chi connectivity index (χ1v) is 16.5. The van der Waals surface area contributed by atoms with Crippen LogP contribution in [0.15, 0.2) is 60.2 Å². The van der Waals surface area contributed by atoms with E-state index in [1.807, 2.05) is 13.8 Å². The van der Waals surface area contributed by atoms with Crippen LogP contribution in [0.5, 0.6) is 23.1 Å². The normalized spacial score (nSPS) is 20.2. The van der Waals surface area contributed by atoms with Gasteiger partial charge in [-0.3, -0.25) is 14.5 Å². The number of ether oxygens (including phenoxy) is 4. The molecule has 3 aromatic rings. The zero-order chi connectivity index (χ0) is 34.6. The Balaban J connectivity index is 1.10. The Morgan fingerprint density at radius 3 is 2.49 bits per heavy atom. The summed E-state index contributed by atoms with van der Waals surface area (Å²) in [5.74, 6) is -0.913. The fraction of sp³-hybridized carbons (Fsp3) is 0.444. The fourth-order valence-corrected chi connectivity index (χ4v) is 6.34. The second kappa shape index (κ2) is 14.5. The van der Waals surface area contributed by atoms with Crippen molar-refractivity contribution in [1.29, 1.82) is 0 Å². The molecular weight excluding hydrogens is 636 g/mol. The monoisotopic (exact) mass is 677 g/mol. The number of amides is 2. The molecule has 3 aliphatic rings. The summed E-state index contributed by atoms with van der Waals surface area (Å²) in [5, 5.41) is 6.05. The first-order valence-electron chi connectivity index (χ1n) is 16.5. The Morgan fingerprint density at radius 1 is 1.00 bits per heavy atom. The molecule has 2 amide bonds. The van der Waals surface area contributed by atoms with Crippen LogP contribution in [0.2, 0.25) is 0 Å². The lowest BCUT2D eigenvalue weighted by Crippen LogP contribution is -2.43. The molecule has 260 valence electrons. The van der Waals surface area contributed by atoms with Gasteiger partial charge in [-0.1, -0.05) is 25.5 Å². The molecule has 2 fully saturated rings. The third-order valence-electron chi connectivity index (χ3n) is 9.43. The van der Waals surface area contributed by atoms with Crippen molar-refractivity contribution in [3.05, 3.63) is 66.0 Å². The molecule has 6 rings (SSSR count). The van der Waals surface area contributed by atoms with Crippen LogP contribution in [0.4, 0.5) is 14.5 Å². The van der Waals surface area contributed by atoms with Gasteiger partial charge in [0.15, 0.2) is 23.1 Å². The van der Waals surface area contributed by atoms with Crippen molar-refractivity contribution >= 4 is 28.4 Å². The maximum Gasteiger partial charge on any atom is 0.240 e. The number of nitrogens with one attached hydrogen (secondary N) is 2. The van der Waals surface area contributed by atoms with Gasteiger partial charge in [0.05, 0.1) is 37.8 Å². The third kappa shape index (κ3) is 7.52. The average molecular weight is 678 g/mol. The number of methoxy groups -OCH3 is 1. The highest BCUT2D eigenvalue weighted by atomic mass is 19.1. The summed E-state index contributed by atoms with van der Waals surface area (Å²) in [5.41, 5.74) is -0.347. The van der Waals surface area contributed by atoms with Gasteiger partial charge < -0.3 is 29.6 Å². The van der Waals surface area contributed by atoms with Gasteiger partial charge in [-0.25, -0.2) is 18.7 Å². The fourth-order valence-electron chi connectivity index (χ4n) is 6.34. The lowest BCUT2D eigenvalue weighted by Gasteiger charge is -2.26. The Morgan fingerprint density at radius 2 is 1.80 bits per heavy atom. The summed E-state index contributed by atoms with van der Waals surface area (Å²) in [6, 6.07) is 7.44. The molecule has 2 aromatic carbocycles. The maximum atomic E-state index is 15.4. The van der Waals surface area contributed by atoms with E-state index in [1.54, 1.807) is 18.2 Å². The van der Waals surface area contributed by atoms with Crippen LogP contribution in [-0.4, -0.2) is 79.8 Å². The second-order valence-corrected chi connectivity index (χ2v) is 13.1. The van der Waals surface area contributed by atoms with Gasteiger partial charge in [0.25, 0.3) is 0 Å². The average Bonchev–Trinajstić information content (AvgIpc) is 3.70. The predicted octanol–water partition coefficient (Wildman–Crippen LogP) is 5.72. The highest BCUT2D eigenvalue weighted by Gasteiger charge is 2.71. The zero-order valence-corrected chi connectivity index (χ0v) is 27.9. The van der Waals surface area contributed by atoms with Crippen LogP contribution in [0.1, 0.15) is 39.5 Å². The number of benzene rings is 2. The number of anilines is 1. The van der Waals surface area contributed by atoms with E-state index in [9.17, 15) is 14.0 Å². The third-order valence-corrected chi connectivity index (χ3v) is 9.43. The highest BCUT2D eigenvalue weighted by Crippen LogP contribution is 2.64. The number of carbonyl (C=O) groups is 2. The molecule has 0 radical (unpaired) electrons. The number of rotatable bonds is 13.